The molecule has 1 atom stereocenters. The number of nitrogens with zero attached hydrogens (tertiary/aromatic N) is 2. The van der Waals surface area contributed by atoms with Gasteiger partial charge in [-0.2, -0.15) is 0 Å². The van der Waals surface area contributed by atoms with E-state index in [1.165, 1.54) is 5.56 Å². The predicted octanol–water partition coefficient (Wildman–Crippen LogP) is 0.898. The maximum Gasteiger partial charge on any atom is 0.197 e. The summed E-state index contributed by atoms with van der Waals surface area (Å²) in [7, 11) is 4.09. The third-order valence-corrected chi connectivity index (χ3v) is 3.44. The summed E-state index contributed by atoms with van der Waals surface area (Å²) in [5, 5.41) is 6.39. The molecule has 21 heavy (non-hydrogen) atoms. The first-order valence-electron chi connectivity index (χ1n) is 7.32. The van der Waals surface area contributed by atoms with Gasteiger partial charge in [0.1, 0.15) is 5.66 Å². The predicted molar refractivity (Wildman–Crippen MR) is 87.9 cm³/mol. The Hall–Kier alpha value is -1.85. The zero-order valence-electron chi connectivity index (χ0n) is 12.8. The minimum Gasteiger partial charge on any atom is -0.335 e. The number of hydrogen-bond acceptors (Lipinski definition) is 3. The molecule has 1 unspecified atom stereocenters. The highest BCUT2D eigenvalue weighted by atomic mass is 15.3. The quantitative estimate of drug-likeness (QED) is 0.727. The molecule has 5 heteroatoms. The molecule has 0 fully saturated rings. The Morgan fingerprint density at radius 3 is 2.71 bits per heavy atom. The zero-order valence-corrected chi connectivity index (χ0v) is 12.8. The zero-order chi connectivity index (χ0) is 15.1. The lowest BCUT2D eigenvalue weighted by Crippen LogP contribution is -2.60. The van der Waals surface area contributed by atoms with Gasteiger partial charge in [0.15, 0.2) is 5.96 Å². The van der Waals surface area contributed by atoms with Crippen LogP contribution in [0.1, 0.15) is 12.0 Å². The van der Waals surface area contributed by atoms with E-state index in [4.69, 9.17) is 5.73 Å². The van der Waals surface area contributed by atoms with Crippen molar-refractivity contribution in [3.63, 3.8) is 0 Å². The summed E-state index contributed by atoms with van der Waals surface area (Å²) in [5.74, 6) is 0.745. The van der Waals surface area contributed by atoms with Crippen molar-refractivity contribution in [3.05, 3.63) is 48.2 Å². The molecule has 0 aliphatic carbocycles. The molecule has 0 saturated heterocycles. The van der Waals surface area contributed by atoms with Gasteiger partial charge in [-0.1, -0.05) is 30.3 Å². The monoisotopic (exact) mass is 287 g/mol. The van der Waals surface area contributed by atoms with Crippen molar-refractivity contribution in [3.8, 4) is 0 Å². The van der Waals surface area contributed by atoms with Crippen molar-refractivity contribution < 1.29 is 0 Å². The van der Waals surface area contributed by atoms with E-state index in [0.717, 1.165) is 31.9 Å². The van der Waals surface area contributed by atoms with Crippen LogP contribution in [-0.4, -0.2) is 43.7 Å². The van der Waals surface area contributed by atoms with Crippen LogP contribution in [0.25, 0.3) is 0 Å². The topological polar surface area (TPSA) is 65.7 Å². The summed E-state index contributed by atoms with van der Waals surface area (Å²) in [4.78, 5) is 6.67. The minimum atomic E-state index is -0.527. The first-order valence-corrected chi connectivity index (χ1v) is 7.32. The average Bonchev–Trinajstić information content (AvgIpc) is 2.47. The van der Waals surface area contributed by atoms with Crippen LogP contribution >= 0.6 is 0 Å². The van der Waals surface area contributed by atoms with Crippen LogP contribution in [0.4, 0.5) is 0 Å². The summed E-state index contributed by atoms with van der Waals surface area (Å²) < 4.78 is 0. The lowest BCUT2D eigenvalue weighted by Gasteiger charge is -2.33. The SMILES string of the molecule is CN(C)CCC1(N)C=CNC(=NCCc2ccccc2)N1. The second-order valence-electron chi connectivity index (χ2n) is 5.66. The third-order valence-electron chi connectivity index (χ3n) is 3.44. The van der Waals surface area contributed by atoms with Gasteiger partial charge in [0.2, 0.25) is 0 Å². The molecule has 1 aliphatic rings. The Morgan fingerprint density at radius 2 is 2.00 bits per heavy atom. The van der Waals surface area contributed by atoms with Crippen LogP contribution in [0.3, 0.4) is 0 Å². The Bertz CT molecular complexity index is 495. The molecule has 4 N–H and O–H groups in total. The summed E-state index contributed by atoms with van der Waals surface area (Å²) in [6.45, 7) is 1.65. The van der Waals surface area contributed by atoms with Gasteiger partial charge < -0.3 is 21.3 Å². The fourth-order valence-electron chi connectivity index (χ4n) is 2.15. The maximum atomic E-state index is 6.34. The maximum absolute atomic E-state index is 6.34. The van der Waals surface area contributed by atoms with Gasteiger partial charge in [-0.05, 0) is 32.2 Å². The number of aliphatic imine (C=N–C) groups is 1. The Kier molecular flexibility index (Phi) is 5.36. The molecule has 1 heterocycles. The molecule has 1 aromatic carbocycles. The molecule has 0 amide bonds. The van der Waals surface area contributed by atoms with E-state index >= 15 is 0 Å². The molecule has 0 spiro atoms. The number of nitrogens with one attached hydrogen (secondary N) is 2. The third kappa shape index (κ3) is 5.21. The van der Waals surface area contributed by atoms with Gasteiger partial charge in [-0.25, -0.2) is 0 Å². The lowest BCUT2D eigenvalue weighted by molar-refractivity contribution is 0.333. The lowest BCUT2D eigenvalue weighted by atomic mass is 10.1. The van der Waals surface area contributed by atoms with Crippen molar-refractivity contribution >= 4 is 5.96 Å². The first kappa shape index (κ1) is 15.5. The van der Waals surface area contributed by atoms with E-state index in [9.17, 15) is 0 Å². The molecule has 2 rings (SSSR count). The fraction of sp³-hybridized carbons (Fsp3) is 0.438. The van der Waals surface area contributed by atoms with Crippen molar-refractivity contribution in [2.75, 3.05) is 27.2 Å². The van der Waals surface area contributed by atoms with E-state index < -0.39 is 5.66 Å². The highest BCUT2D eigenvalue weighted by Gasteiger charge is 2.25. The smallest absolute Gasteiger partial charge is 0.197 e. The summed E-state index contributed by atoms with van der Waals surface area (Å²) in [6.07, 6.45) is 5.57. The molecule has 5 nitrogen and oxygen atoms in total. The number of guanidine groups is 1. The van der Waals surface area contributed by atoms with E-state index in [2.05, 4.69) is 44.8 Å². The van der Waals surface area contributed by atoms with E-state index in [0.29, 0.717) is 0 Å². The second kappa shape index (κ2) is 7.24. The molecule has 0 bridgehead atoms. The Labute approximate surface area is 126 Å². The van der Waals surface area contributed by atoms with Gasteiger partial charge >= 0.3 is 0 Å². The Balaban J connectivity index is 1.86. The highest BCUT2D eigenvalue weighted by molar-refractivity contribution is 5.82. The number of benzene rings is 1. The van der Waals surface area contributed by atoms with Crippen molar-refractivity contribution in [2.24, 2.45) is 10.7 Å². The summed E-state index contributed by atoms with van der Waals surface area (Å²) in [6, 6.07) is 10.4. The molecular weight excluding hydrogens is 262 g/mol. The van der Waals surface area contributed by atoms with Crippen LogP contribution in [0.5, 0.6) is 0 Å². The number of rotatable bonds is 6. The van der Waals surface area contributed by atoms with E-state index in [-0.39, 0.29) is 0 Å². The van der Waals surface area contributed by atoms with Gasteiger partial charge in [0, 0.05) is 25.7 Å². The Morgan fingerprint density at radius 1 is 1.24 bits per heavy atom. The molecule has 0 saturated carbocycles. The molecule has 0 radical (unpaired) electrons. The van der Waals surface area contributed by atoms with Gasteiger partial charge in [-0.3, -0.25) is 4.99 Å². The van der Waals surface area contributed by atoms with Crippen molar-refractivity contribution in [1.29, 1.82) is 0 Å². The number of hydrogen-bond donors (Lipinski definition) is 3. The van der Waals surface area contributed by atoms with Crippen LogP contribution in [-0.2, 0) is 6.42 Å². The van der Waals surface area contributed by atoms with Crippen LogP contribution in [0, 0.1) is 0 Å². The van der Waals surface area contributed by atoms with Gasteiger partial charge in [-0.15, -0.1) is 0 Å². The first-order chi connectivity index (χ1) is 10.1. The molecule has 0 aromatic heterocycles. The standard InChI is InChI=1S/C16H25N5/c1-21(2)13-10-16(17)9-12-19-15(20-16)18-11-8-14-6-4-3-5-7-14/h3-7,9,12H,8,10-11,13,17H2,1-2H3,(H2,18,19,20). The highest BCUT2D eigenvalue weighted by Crippen LogP contribution is 2.08. The van der Waals surface area contributed by atoms with Gasteiger partial charge in [0.05, 0.1) is 0 Å². The fourth-order valence-corrected chi connectivity index (χ4v) is 2.15. The largest absolute Gasteiger partial charge is 0.335 e. The van der Waals surface area contributed by atoms with Crippen molar-refractivity contribution in [2.45, 2.75) is 18.5 Å². The summed E-state index contributed by atoms with van der Waals surface area (Å²) >= 11 is 0. The normalized spacial score (nSPS) is 23.1. The number of nitrogens with two attached hydrogens (primary N) is 1. The van der Waals surface area contributed by atoms with Crippen LogP contribution in [0.15, 0.2) is 47.6 Å². The van der Waals surface area contributed by atoms with E-state index in [1.54, 1.807) is 0 Å². The van der Waals surface area contributed by atoms with Gasteiger partial charge in [0.25, 0.3) is 0 Å². The molecule has 1 aromatic rings. The molecular formula is C16H25N5. The van der Waals surface area contributed by atoms with Crippen molar-refractivity contribution in [1.82, 2.24) is 15.5 Å². The van der Waals surface area contributed by atoms with Crippen LogP contribution in [0.2, 0.25) is 0 Å². The van der Waals surface area contributed by atoms with E-state index in [1.807, 2.05) is 32.4 Å². The second-order valence-corrected chi connectivity index (χ2v) is 5.66. The van der Waals surface area contributed by atoms with Crippen LogP contribution < -0.4 is 16.4 Å². The summed E-state index contributed by atoms with van der Waals surface area (Å²) in [5.41, 5.74) is 7.10. The average molecular weight is 287 g/mol. The molecule has 114 valence electrons. The minimum absolute atomic E-state index is 0.527. The molecule has 1 aliphatic heterocycles.